The van der Waals surface area contributed by atoms with E-state index in [-0.39, 0.29) is 26.2 Å². The molecular weight excluding hydrogens is 279 g/mol. The molecule has 21 heavy (non-hydrogen) atoms. The van der Waals surface area contributed by atoms with Crippen LogP contribution in [0.4, 0.5) is 4.39 Å². The molecule has 0 amide bonds. The Morgan fingerprint density at radius 1 is 1.10 bits per heavy atom. The number of rotatable bonds is 7. The minimum absolute atomic E-state index is 0.0972. The van der Waals surface area contributed by atoms with Crippen molar-refractivity contribution in [2.24, 2.45) is 5.73 Å². The van der Waals surface area contributed by atoms with Gasteiger partial charge in [0.25, 0.3) is 0 Å². The van der Waals surface area contributed by atoms with Gasteiger partial charge in [0.05, 0.1) is 27.3 Å². The molecule has 0 aliphatic rings. The van der Waals surface area contributed by atoms with Gasteiger partial charge in [-0.3, -0.25) is 14.5 Å². The number of hydrogen-bond donors (Lipinski definition) is 1. The van der Waals surface area contributed by atoms with E-state index in [2.05, 4.69) is 9.47 Å². The minimum Gasteiger partial charge on any atom is -0.468 e. The Morgan fingerprint density at radius 3 is 2.10 bits per heavy atom. The van der Waals surface area contributed by atoms with E-state index in [1.165, 1.54) is 31.3 Å². The topological polar surface area (TPSA) is 81.9 Å². The normalized spacial score (nSPS) is 10.5. The van der Waals surface area contributed by atoms with E-state index < -0.39 is 17.8 Å². The third-order valence-electron chi connectivity index (χ3n) is 2.82. The fourth-order valence-corrected chi connectivity index (χ4v) is 1.85. The molecule has 0 heterocycles. The van der Waals surface area contributed by atoms with Crippen LogP contribution in [-0.4, -0.2) is 44.1 Å². The molecular formula is C14H19FN2O4. The minimum atomic E-state index is -0.491. The van der Waals surface area contributed by atoms with Gasteiger partial charge < -0.3 is 15.2 Å². The summed E-state index contributed by atoms with van der Waals surface area (Å²) in [7, 11) is 2.51. The molecule has 6 nitrogen and oxygen atoms in total. The average Bonchev–Trinajstić information content (AvgIpc) is 2.45. The Morgan fingerprint density at radius 2 is 1.62 bits per heavy atom. The van der Waals surface area contributed by atoms with E-state index in [1.54, 1.807) is 6.07 Å². The number of nitrogens with zero attached hydrogens (tertiary/aromatic N) is 1. The number of carbonyl (C=O) groups is 2. The summed E-state index contributed by atoms with van der Waals surface area (Å²) in [6.45, 7) is 0.216. The van der Waals surface area contributed by atoms with Gasteiger partial charge in [0.2, 0.25) is 0 Å². The number of methoxy groups -OCH3 is 2. The van der Waals surface area contributed by atoms with E-state index in [0.29, 0.717) is 11.1 Å². The molecule has 0 radical (unpaired) electrons. The van der Waals surface area contributed by atoms with Crippen LogP contribution in [0.3, 0.4) is 0 Å². The second-order valence-electron chi connectivity index (χ2n) is 4.47. The fourth-order valence-electron chi connectivity index (χ4n) is 1.85. The van der Waals surface area contributed by atoms with Crippen LogP contribution in [0.1, 0.15) is 11.1 Å². The highest BCUT2D eigenvalue weighted by Crippen LogP contribution is 2.11. The van der Waals surface area contributed by atoms with Gasteiger partial charge in [-0.1, -0.05) is 6.07 Å². The van der Waals surface area contributed by atoms with Crippen molar-refractivity contribution < 1.29 is 23.5 Å². The van der Waals surface area contributed by atoms with Crippen molar-refractivity contribution in [3.05, 3.63) is 35.1 Å². The first-order chi connectivity index (χ1) is 9.98. The van der Waals surface area contributed by atoms with Crippen molar-refractivity contribution in [3.63, 3.8) is 0 Å². The number of esters is 2. The van der Waals surface area contributed by atoms with Gasteiger partial charge in [-0.15, -0.1) is 0 Å². The van der Waals surface area contributed by atoms with Gasteiger partial charge in [0.15, 0.2) is 0 Å². The molecule has 0 bridgehead atoms. The van der Waals surface area contributed by atoms with Gasteiger partial charge in [0.1, 0.15) is 5.82 Å². The molecule has 0 saturated carbocycles. The predicted octanol–water partition coefficient (Wildman–Crippen LogP) is 0.432. The zero-order valence-corrected chi connectivity index (χ0v) is 12.1. The van der Waals surface area contributed by atoms with Crippen LogP contribution in [0.5, 0.6) is 0 Å². The molecule has 0 aliphatic carbocycles. The van der Waals surface area contributed by atoms with Gasteiger partial charge in [0, 0.05) is 13.1 Å². The molecule has 0 atom stereocenters. The van der Waals surface area contributed by atoms with E-state index >= 15 is 0 Å². The zero-order chi connectivity index (χ0) is 15.8. The van der Waals surface area contributed by atoms with Gasteiger partial charge in [-0.2, -0.15) is 0 Å². The molecule has 7 heteroatoms. The quantitative estimate of drug-likeness (QED) is 0.735. The molecule has 0 unspecified atom stereocenters. The lowest BCUT2D eigenvalue weighted by Crippen LogP contribution is -2.35. The molecule has 0 aliphatic heterocycles. The molecule has 116 valence electrons. The van der Waals surface area contributed by atoms with Crippen molar-refractivity contribution in [1.82, 2.24) is 4.90 Å². The smallest absolute Gasteiger partial charge is 0.319 e. The van der Waals surface area contributed by atoms with Crippen LogP contribution in [0.2, 0.25) is 0 Å². The van der Waals surface area contributed by atoms with E-state index in [4.69, 9.17) is 5.73 Å². The van der Waals surface area contributed by atoms with Crippen LogP contribution in [0.25, 0.3) is 0 Å². The lowest BCUT2D eigenvalue weighted by atomic mass is 10.1. The van der Waals surface area contributed by atoms with Crippen LogP contribution in [0.15, 0.2) is 18.2 Å². The van der Waals surface area contributed by atoms with E-state index in [0.717, 1.165) is 0 Å². The van der Waals surface area contributed by atoms with Gasteiger partial charge in [-0.25, -0.2) is 4.39 Å². The molecule has 1 rings (SSSR count). The van der Waals surface area contributed by atoms with Gasteiger partial charge >= 0.3 is 11.9 Å². The van der Waals surface area contributed by atoms with E-state index in [1.807, 2.05) is 0 Å². The number of benzene rings is 1. The molecule has 0 aromatic heterocycles. The molecule has 0 saturated heterocycles. The van der Waals surface area contributed by atoms with Gasteiger partial charge in [-0.05, 0) is 23.3 Å². The molecule has 2 N–H and O–H groups in total. The summed E-state index contributed by atoms with van der Waals surface area (Å²) in [6.07, 6.45) is 0. The number of hydrogen-bond acceptors (Lipinski definition) is 6. The maximum atomic E-state index is 13.5. The Kier molecular flexibility index (Phi) is 6.77. The van der Waals surface area contributed by atoms with Crippen molar-refractivity contribution >= 4 is 11.9 Å². The third kappa shape index (κ3) is 5.88. The van der Waals surface area contributed by atoms with Crippen LogP contribution in [-0.2, 0) is 32.2 Å². The highest BCUT2D eigenvalue weighted by molar-refractivity contribution is 5.74. The number of carbonyl (C=O) groups excluding carboxylic acids is 2. The van der Waals surface area contributed by atoms with Crippen LogP contribution >= 0.6 is 0 Å². The third-order valence-corrected chi connectivity index (χ3v) is 2.82. The lowest BCUT2D eigenvalue weighted by Gasteiger charge is -2.20. The fraction of sp³-hybridized carbons (Fsp3) is 0.429. The Balaban J connectivity index is 2.86. The standard InChI is InChI=1S/C14H19FN2O4/c1-20-13(18)8-17(9-14(19)21-2)7-11-3-10(6-16)4-12(15)5-11/h3-5H,6-9,16H2,1-2H3. The highest BCUT2D eigenvalue weighted by Gasteiger charge is 2.16. The summed E-state index contributed by atoms with van der Waals surface area (Å²) in [5.74, 6) is -1.40. The Bertz CT molecular complexity index is 490. The Hall–Kier alpha value is -1.99. The lowest BCUT2D eigenvalue weighted by molar-refractivity contribution is -0.145. The first kappa shape index (κ1) is 17.1. The summed E-state index contributed by atoms with van der Waals surface area (Å²) in [4.78, 5) is 24.2. The Labute approximate surface area is 122 Å². The van der Waals surface area contributed by atoms with E-state index in [9.17, 15) is 14.0 Å². The predicted molar refractivity (Wildman–Crippen MR) is 73.6 cm³/mol. The maximum Gasteiger partial charge on any atom is 0.319 e. The molecule has 1 aromatic carbocycles. The van der Waals surface area contributed by atoms with Crippen LogP contribution in [0, 0.1) is 5.82 Å². The number of ether oxygens (including phenoxy) is 2. The first-order valence-electron chi connectivity index (χ1n) is 6.33. The monoisotopic (exact) mass is 298 g/mol. The number of nitrogens with two attached hydrogens (primary N) is 1. The second kappa shape index (κ2) is 8.33. The summed E-state index contributed by atoms with van der Waals surface area (Å²) in [5, 5.41) is 0. The summed E-state index contributed by atoms with van der Waals surface area (Å²) in [6, 6.07) is 4.40. The largest absolute Gasteiger partial charge is 0.468 e. The SMILES string of the molecule is COC(=O)CN(CC(=O)OC)Cc1cc(F)cc(CN)c1. The zero-order valence-electron chi connectivity index (χ0n) is 12.1. The number of halogens is 1. The highest BCUT2D eigenvalue weighted by atomic mass is 19.1. The summed E-state index contributed by atoms with van der Waals surface area (Å²) < 4.78 is 22.6. The van der Waals surface area contributed by atoms with Crippen molar-refractivity contribution in [3.8, 4) is 0 Å². The molecule has 0 fully saturated rings. The van der Waals surface area contributed by atoms with Crippen molar-refractivity contribution in [2.75, 3.05) is 27.3 Å². The second-order valence-corrected chi connectivity index (χ2v) is 4.47. The first-order valence-corrected chi connectivity index (χ1v) is 6.33. The summed E-state index contributed by atoms with van der Waals surface area (Å²) >= 11 is 0. The molecule has 1 aromatic rings. The van der Waals surface area contributed by atoms with Crippen molar-refractivity contribution in [1.29, 1.82) is 0 Å². The van der Waals surface area contributed by atoms with Crippen LogP contribution < -0.4 is 5.73 Å². The molecule has 0 spiro atoms. The maximum absolute atomic E-state index is 13.5. The summed E-state index contributed by atoms with van der Waals surface area (Å²) in [5.41, 5.74) is 6.75. The average molecular weight is 298 g/mol. The van der Waals surface area contributed by atoms with Crippen molar-refractivity contribution in [2.45, 2.75) is 13.1 Å².